The van der Waals surface area contributed by atoms with E-state index in [1.807, 2.05) is 43.3 Å². The van der Waals surface area contributed by atoms with E-state index in [1.54, 1.807) is 13.2 Å². The minimum absolute atomic E-state index is 0.171. The first-order valence-corrected chi connectivity index (χ1v) is 8.93. The Hall–Kier alpha value is -2.55. The van der Waals surface area contributed by atoms with Gasteiger partial charge in [-0.2, -0.15) is 5.26 Å². The molecule has 0 saturated heterocycles. The molecule has 0 aliphatic heterocycles. The molecule has 0 atom stereocenters. The van der Waals surface area contributed by atoms with E-state index in [1.165, 1.54) is 0 Å². The van der Waals surface area contributed by atoms with Gasteiger partial charge in [-0.3, -0.25) is 0 Å². The first kappa shape index (κ1) is 18.2. The van der Waals surface area contributed by atoms with Crippen LogP contribution in [0.5, 0.6) is 5.75 Å². The summed E-state index contributed by atoms with van der Waals surface area (Å²) in [4.78, 5) is 4.46. The van der Waals surface area contributed by atoms with Crippen LogP contribution in [0.25, 0.3) is 22.4 Å². The van der Waals surface area contributed by atoms with Crippen LogP contribution in [0.3, 0.4) is 0 Å². The Bertz CT molecular complexity index is 1040. The summed E-state index contributed by atoms with van der Waals surface area (Å²) in [5, 5.41) is 10.3. The average molecular weight is 429 g/mol. The van der Waals surface area contributed by atoms with Gasteiger partial charge in [-0.05, 0) is 42.8 Å². The van der Waals surface area contributed by atoms with Crippen molar-refractivity contribution in [2.45, 2.75) is 6.92 Å². The summed E-state index contributed by atoms with van der Waals surface area (Å²) in [6.07, 6.45) is 0. The molecule has 130 valence electrons. The lowest BCUT2D eigenvalue weighted by molar-refractivity contribution is 0.416. The molecule has 0 unspecified atom stereocenters. The summed E-state index contributed by atoms with van der Waals surface area (Å²) in [6.45, 7) is 1.92. The summed E-state index contributed by atoms with van der Waals surface area (Å²) in [5.74, 6) is 0.820. The zero-order valence-corrected chi connectivity index (χ0v) is 16.5. The highest BCUT2D eigenvalue weighted by molar-refractivity contribution is 9.10. The first-order valence-electron chi connectivity index (χ1n) is 7.76. The van der Waals surface area contributed by atoms with Gasteiger partial charge in [-0.15, -0.1) is 0 Å². The van der Waals surface area contributed by atoms with Crippen LogP contribution >= 0.6 is 27.5 Å². The minimum Gasteiger partial charge on any atom is -0.496 e. The van der Waals surface area contributed by atoms with E-state index in [0.29, 0.717) is 27.6 Å². The second kappa shape index (κ2) is 7.36. The quantitative estimate of drug-likeness (QED) is 0.589. The number of nitrogen functional groups attached to an aromatic ring is 1. The molecule has 0 fully saturated rings. The predicted octanol–water partition coefficient (Wildman–Crippen LogP) is 5.60. The molecule has 0 saturated carbocycles. The number of aromatic nitrogens is 1. The van der Waals surface area contributed by atoms with Gasteiger partial charge in [0.25, 0.3) is 0 Å². The maximum absolute atomic E-state index is 9.68. The van der Waals surface area contributed by atoms with Crippen molar-refractivity contribution >= 4 is 33.3 Å². The molecule has 6 heteroatoms. The number of rotatable bonds is 3. The van der Waals surface area contributed by atoms with E-state index >= 15 is 0 Å². The highest BCUT2D eigenvalue weighted by Gasteiger charge is 2.21. The van der Waals surface area contributed by atoms with Crippen molar-refractivity contribution in [2.75, 3.05) is 12.8 Å². The highest BCUT2D eigenvalue weighted by atomic mass is 79.9. The molecule has 0 aliphatic rings. The number of pyridine rings is 1. The predicted molar refractivity (Wildman–Crippen MR) is 108 cm³/mol. The Morgan fingerprint density at radius 1 is 1.23 bits per heavy atom. The van der Waals surface area contributed by atoms with Gasteiger partial charge < -0.3 is 10.5 Å². The number of hydrogen-bond donors (Lipinski definition) is 1. The number of nitrogens with zero attached hydrogens (tertiary/aromatic N) is 2. The second-order valence-electron chi connectivity index (χ2n) is 5.69. The zero-order chi connectivity index (χ0) is 18.8. The molecule has 26 heavy (non-hydrogen) atoms. The summed E-state index contributed by atoms with van der Waals surface area (Å²) in [5.41, 5.74) is 10.3. The molecule has 0 spiro atoms. The van der Waals surface area contributed by atoms with E-state index in [4.69, 9.17) is 22.1 Å². The Kier molecular flexibility index (Phi) is 5.17. The third-order valence-corrected chi connectivity index (χ3v) is 4.84. The van der Waals surface area contributed by atoms with Gasteiger partial charge in [0.05, 0.1) is 12.8 Å². The van der Waals surface area contributed by atoms with Crippen molar-refractivity contribution in [3.8, 4) is 34.2 Å². The number of anilines is 1. The molecule has 0 bridgehead atoms. The standard InChI is InChI=1S/C20H15BrClN3O/c1-11-18(15-9-13(21)6-7-17(15)26-2)16(10-23)20(24)25-19(11)12-4-3-5-14(22)8-12/h3-9H,1-2H3,(H2,24,25). The zero-order valence-electron chi connectivity index (χ0n) is 14.2. The van der Waals surface area contributed by atoms with Crippen molar-refractivity contribution in [3.05, 3.63) is 63.1 Å². The fourth-order valence-corrected chi connectivity index (χ4v) is 3.49. The Balaban J connectivity index is 2.39. The lowest BCUT2D eigenvalue weighted by Crippen LogP contribution is -2.04. The Morgan fingerprint density at radius 3 is 2.65 bits per heavy atom. The van der Waals surface area contributed by atoms with E-state index in [0.717, 1.165) is 21.2 Å². The van der Waals surface area contributed by atoms with E-state index < -0.39 is 0 Å². The summed E-state index contributed by atoms with van der Waals surface area (Å²) in [7, 11) is 1.59. The van der Waals surface area contributed by atoms with E-state index in [2.05, 4.69) is 27.0 Å². The average Bonchev–Trinajstić information content (AvgIpc) is 2.62. The van der Waals surface area contributed by atoms with Crippen LogP contribution in [-0.4, -0.2) is 12.1 Å². The molecule has 0 aliphatic carbocycles. The molecule has 3 rings (SSSR count). The number of methoxy groups -OCH3 is 1. The number of benzene rings is 2. The van der Waals surface area contributed by atoms with Crippen molar-refractivity contribution in [3.63, 3.8) is 0 Å². The lowest BCUT2D eigenvalue weighted by Gasteiger charge is -2.17. The Labute approximate surface area is 165 Å². The van der Waals surface area contributed by atoms with Gasteiger partial charge in [0, 0.05) is 26.2 Å². The number of ether oxygens (including phenoxy) is 1. The maximum Gasteiger partial charge on any atom is 0.142 e. The number of hydrogen-bond acceptors (Lipinski definition) is 4. The van der Waals surface area contributed by atoms with Gasteiger partial charge in [-0.25, -0.2) is 4.98 Å². The van der Waals surface area contributed by atoms with Gasteiger partial charge in [-0.1, -0.05) is 39.7 Å². The van der Waals surface area contributed by atoms with Crippen molar-refractivity contribution in [1.82, 2.24) is 4.98 Å². The molecular formula is C20H15BrClN3O. The fraction of sp³-hybridized carbons (Fsp3) is 0.100. The van der Waals surface area contributed by atoms with Gasteiger partial charge >= 0.3 is 0 Å². The smallest absolute Gasteiger partial charge is 0.142 e. The van der Waals surface area contributed by atoms with Gasteiger partial charge in [0.2, 0.25) is 0 Å². The van der Waals surface area contributed by atoms with Crippen LogP contribution in [0.4, 0.5) is 5.82 Å². The monoisotopic (exact) mass is 427 g/mol. The topological polar surface area (TPSA) is 71.9 Å². The molecule has 1 heterocycles. The molecule has 4 nitrogen and oxygen atoms in total. The summed E-state index contributed by atoms with van der Waals surface area (Å²) in [6, 6.07) is 15.2. The normalized spacial score (nSPS) is 10.4. The Morgan fingerprint density at radius 2 is 2.00 bits per heavy atom. The van der Waals surface area contributed by atoms with Crippen LogP contribution < -0.4 is 10.5 Å². The SMILES string of the molecule is COc1ccc(Br)cc1-c1c(C)c(-c2cccc(Cl)c2)nc(N)c1C#N. The van der Waals surface area contributed by atoms with Crippen LogP contribution in [-0.2, 0) is 0 Å². The largest absolute Gasteiger partial charge is 0.496 e. The molecule has 0 amide bonds. The summed E-state index contributed by atoms with van der Waals surface area (Å²) < 4.78 is 6.37. The van der Waals surface area contributed by atoms with Crippen LogP contribution in [0.15, 0.2) is 46.9 Å². The highest BCUT2D eigenvalue weighted by Crippen LogP contribution is 2.41. The van der Waals surface area contributed by atoms with E-state index in [9.17, 15) is 5.26 Å². The minimum atomic E-state index is 0.171. The van der Waals surface area contributed by atoms with Crippen LogP contribution in [0.1, 0.15) is 11.1 Å². The summed E-state index contributed by atoms with van der Waals surface area (Å²) >= 11 is 9.62. The lowest BCUT2D eigenvalue weighted by atomic mass is 9.92. The van der Waals surface area contributed by atoms with Crippen molar-refractivity contribution in [2.24, 2.45) is 0 Å². The number of nitrogens with two attached hydrogens (primary N) is 1. The van der Waals surface area contributed by atoms with Crippen LogP contribution in [0.2, 0.25) is 5.02 Å². The first-order chi connectivity index (χ1) is 12.5. The van der Waals surface area contributed by atoms with Crippen molar-refractivity contribution < 1.29 is 4.74 Å². The third kappa shape index (κ3) is 3.26. The van der Waals surface area contributed by atoms with Gasteiger partial charge in [0.1, 0.15) is 23.2 Å². The third-order valence-electron chi connectivity index (χ3n) is 4.11. The number of nitriles is 1. The van der Waals surface area contributed by atoms with E-state index in [-0.39, 0.29) is 5.82 Å². The molecule has 2 N–H and O–H groups in total. The molecule has 1 aromatic heterocycles. The fourth-order valence-electron chi connectivity index (χ4n) is 2.94. The molecule has 2 aromatic carbocycles. The molecule has 0 radical (unpaired) electrons. The molecule has 3 aromatic rings. The maximum atomic E-state index is 9.68. The molecular weight excluding hydrogens is 414 g/mol. The van der Waals surface area contributed by atoms with Crippen molar-refractivity contribution in [1.29, 1.82) is 5.26 Å². The van der Waals surface area contributed by atoms with Crippen LogP contribution in [0, 0.1) is 18.3 Å². The second-order valence-corrected chi connectivity index (χ2v) is 7.04. The number of halogens is 2. The van der Waals surface area contributed by atoms with Gasteiger partial charge in [0.15, 0.2) is 0 Å².